The molecule has 0 spiro atoms. The highest BCUT2D eigenvalue weighted by molar-refractivity contribution is 5.35. The number of anilines is 1. The van der Waals surface area contributed by atoms with Gasteiger partial charge in [-0.2, -0.15) is 4.98 Å². The normalized spacial score (nSPS) is 28.4. The first-order chi connectivity index (χ1) is 10.2. The Hall–Kier alpha value is -1.36. The number of hydrogen-bond donors (Lipinski definition) is 1. The topological polar surface area (TPSA) is 56.3 Å². The van der Waals surface area contributed by atoms with Crippen molar-refractivity contribution in [1.29, 1.82) is 0 Å². The zero-order valence-electron chi connectivity index (χ0n) is 12.9. The van der Waals surface area contributed by atoms with Crippen molar-refractivity contribution >= 4 is 5.82 Å². The lowest BCUT2D eigenvalue weighted by Gasteiger charge is -2.33. The third kappa shape index (κ3) is 3.64. The van der Waals surface area contributed by atoms with E-state index < -0.39 is 0 Å². The van der Waals surface area contributed by atoms with Gasteiger partial charge in [0.25, 0.3) is 0 Å². The molecule has 2 heterocycles. The minimum absolute atomic E-state index is 0.435. The summed E-state index contributed by atoms with van der Waals surface area (Å²) in [6.45, 7) is 5.81. The van der Waals surface area contributed by atoms with Gasteiger partial charge in [0, 0.05) is 18.6 Å². The molecule has 5 nitrogen and oxygen atoms in total. The summed E-state index contributed by atoms with van der Waals surface area (Å²) in [6, 6.07) is 0.445. The van der Waals surface area contributed by atoms with Gasteiger partial charge in [0.2, 0.25) is 5.88 Å². The van der Waals surface area contributed by atoms with Crippen LogP contribution in [0.2, 0.25) is 0 Å². The maximum absolute atomic E-state index is 5.81. The molecule has 5 heteroatoms. The van der Waals surface area contributed by atoms with Gasteiger partial charge in [0.05, 0.1) is 25.1 Å². The van der Waals surface area contributed by atoms with Crippen LogP contribution < -0.4 is 10.1 Å². The summed E-state index contributed by atoms with van der Waals surface area (Å²) in [6.07, 6.45) is 8.65. The molecule has 1 aliphatic carbocycles. The lowest BCUT2D eigenvalue weighted by atomic mass is 9.82. The molecule has 0 radical (unpaired) electrons. The highest BCUT2D eigenvalue weighted by Crippen LogP contribution is 2.35. The molecule has 21 heavy (non-hydrogen) atoms. The highest BCUT2D eigenvalue weighted by atomic mass is 16.5. The van der Waals surface area contributed by atoms with Crippen LogP contribution in [0.1, 0.15) is 39.5 Å². The van der Waals surface area contributed by atoms with Crippen LogP contribution in [0.15, 0.2) is 12.4 Å². The lowest BCUT2D eigenvalue weighted by molar-refractivity contribution is 0.0619. The van der Waals surface area contributed by atoms with E-state index in [-0.39, 0.29) is 0 Å². The number of hydrogen-bond acceptors (Lipinski definition) is 5. The van der Waals surface area contributed by atoms with Gasteiger partial charge in [-0.05, 0) is 31.6 Å². The minimum atomic E-state index is 0.435. The van der Waals surface area contributed by atoms with E-state index in [0.717, 1.165) is 18.8 Å². The SMILES string of the molecule is CC(C)COc1cncc(NC2CCCC3OCCC23)n1. The van der Waals surface area contributed by atoms with Crippen LogP contribution in [-0.2, 0) is 4.74 Å². The van der Waals surface area contributed by atoms with Gasteiger partial charge in [-0.1, -0.05) is 13.8 Å². The number of nitrogens with zero attached hydrogens (tertiary/aromatic N) is 2. The fraction of sp³-hybridized carbons (Fsp3) is 0.750. The van der Waals surface area contributed by atoms with Crippen LogP contribution in [0, 0.1) is 11.8 Å². The summed E-state index contributed by atoms with van der Waals surface area (Å²) in [5.74, 6) is 2.51. The third-order valence-corrected chi connectivity index (χ3v) is 4.29. The maximum atomic E-state index is 5.81. The molecular weight excluding hydrogens is 266 g/mol. The largest absolute Gasteiger partial charge is 0.476 e. The molecule has 3 rings (SSSR count). The van der Waals surface area contributed by atoms with E-state index in [9.17, 15) is 0 Å². The first-order valence-electron chi connectivity index (χ1n) is 8.05. The van der Waals surface area contributed by atoms with Crippen molar-refractivity contribution < 1.29 is 9.47 Å². The van der Waals surface area contributed by atoms with Crippen molar-refractivity contribution in [2.24, 2.45) is 11.8 Å². The Balaban J connectivity index is 1.62. The van der Waals surface area contributed by atoms with Crippen LogP contribution in [-0.4, -0.2) is 35.3 Å². The van der Waals surface area contributed by atoms with Gasteiger partial charge in [-0.15, -0.1) is 0 Å². The first-order valence-corrected chi connectivity index (χ1v) is 8.05. The Morgan fingerprint density at radius 2 is 2.24 bits per heavy atom. The highest BCUT2D eigenvalue weighted by Gasteiger charge is 2.37. The molecule has 1 saturated carbocycles. The third-order valence-electron chi connectivity index (χ3n) is 4.29. The molecule has 116 valence electrons. The number of rotatable bonds is 5. The Morgan fingerprint density at radius 1 is 1.33 bits per heavy atom. The molecule has 2 aliphatic rings. The summed E-state index contributed by atoms with van der Waals surface area (Å²) in [5, 5.41) is 3.55. The Morgan fingerprint density at radius 3 is 3.10 bits per heavy atom. The molecule has 3 unspecified atom stereocenters. The summed E-state index contributed by atoms with van der Waals surface area (Å²) in [7, 11) is 0. The first kappa shape index (κ1) is 14.6. The van der Waals surface area contributed by atoms with E-state index in [0.29, 0.717) is 36.5 Å². The van der Waals surface area contributed by atoms with E-state index in [1.807, 2.05) is 0 Å². The van der Waals surface area contributed by atoms with Crippen LogP contribution in [0.3, 0.4) is 0 Å². The zero-order valence-corrected chi connectivity index (χ0v) is 12.9. The number of fused-ring (bicyclic) bond motifs is 1. The van der Waals surface area contributed by atoms with E-state index in [4.69, 9.17) is 9.47 Å². The van der Waals surface area contributed by atoms with E-state index in [1.54, 1.807) is 12.4 Å². The van der Waals surface area contributed by atoms with Gasteiger partial charge in [-0.25, -0.2) is 0 Å². The smallest absolute Gasteiger partial charge is 0.234 e. The maximum Gasteiger partial charge on any atom is 0.234 e. The van der Waals surface area contributed by atoms with Crippen molar-refractivity contribution in [2.45, 2.75) is 51.7 Å². The van der Waals surface area contributed by atoms with Gasteiger partial charge < -0.3 is 14.8 Å². The summed E-state index contributed by atoms with van der Waals surface area (Å²) < 4.78 is 11.5. The Kier molecular flexibility index (Phi) is 4.58. The quantitative estimate of drug-likeness (QED) is 0.904. The molecule has 0 bridgehead atoms. The molecule has 1 aliphatic heterocycles. The summed E-state index contributed by atoms with van der Waals surface area (Å²) in [5.41, 5.74) is 0. The second-order valence-corrected chi connectivity index (χ2v) is 6.49. The fourth-order valence-electron chi connectivity index (χ4n) is 3.28. The van der Waals surface area contributed by atoms with E-state index in [1.165, 1.54) is 19.3 Å². The van der Waals surface area contributed by atoms with Crippen LogP contribution >= 0.6 is 0 Å². The van der Waals surface area contributed by atoms with Gasteiger partial charge in [-0.3, -0.25) is 4.98 Å². The molecule has 1 aromatic heterocycles. The number of ether oxygens (including phenoxy) is 2. The summed E-state index contributed by atoms with van der Waals surface area (Å²) >= 11 is 0. The number of nitrogens with one attached hydrogen (secondary N) is 1. The monoisotopic (exact) mass is 291 g/mol. The second kappa shape index (κ2) is 6.60. The van der Waals surface area contributed by atoms with Crippen LogP contribution in [0.25, 0.3) is 0 Å². The van der Waals surface area contributed by atoms with Crippen molar-refractivity contribution in [1.82, 2.24) is 9.97 Å². The molecule has 0 amide bonds. The molecule has 1 aromatic rings. The average molecular weight is 291 g/mol. The Labute approximate surface area is 126 Å². The van der Waals surface area contributed by atoms with E-state index in [2.05, 4.69) is 29.1 Å². The fourth-order valence-corrected chi connectivity index (χ4v) is 3.28. The zero-order chi connectivity index (χ0) is 14.7. The van der Waals surface area contributed by atoms with Crippen molar-refractivity contribution in [3.05, 3.63) is 12.4 Å². The van der Waals surface area contributed by atoms with Gasteiger partial charge >= 0.3 is 0 Å². The van der Waals surface area contributed by atoms with Crippen molar-refractivity contribution in [3.8, 4) is 5.88 Å². The minimum Gasteiger partial charge on any atom is -0.476 e. The Bertz CT molecular complexity index is 467. The number of aromatic nitrogens is 2. The van der Waals surface area contributed by atoms with Crippen LogP contribution in [0.5, 0.6) is 5.88 Å². The molecule has 1 N–H and O–H groups in total. The predicted octanol–water partition coefficient (Wildman–Crippen LogP) is 2.88. The van der Waals surface area contributed by atoms with Crippen molar-refractivity contribution in [3.63, 3.8) is 0 Å². The lowest BCUT2D eigenvalue weighted by Crippen LogP contribution is -2.38. The van der Waals surface area contributed by atoms with Crippen molar-refractivity contribution in [2.75, 3.05) is 18.5 Å². The summed E-state index contributed by atoms with van der Waals surface area (Å²) in [4.78, 5) is 8.75. The predicted molar refractivity (Wildman–Crippen MR) is 81.5 cm³/mol. The standard InChI is InChI=1S/C16H25N3O2/c1-11(2)10-21-16-9-17-8-15(19-16)18-13-4-3-5-14-12(13)6-7-20-14/h8-9,11-14H,3-7,10H2,1-2H3,(H,18,19). The van der Waals surface area contributed by atoms with Crippen LogP contribution in [0.4, 0.5) is 5.82 Å². The molecule has 0 aromatic carbocycles. The molecule has 3 atom stereocenters. The molecule has 1 saturated heterocycles. The molecular formula is C16H25N3O2. The average Bonchev–Trinajstić information content (AvgIpc) is 2.95. The molecule has 2 fully saturated rings. The van der Waals surface area contributed by atoms with E-state index >= 15 is 0 Å². The van der Waals surface area contributed by atoms with Gasteiger partial charge in [0.15, 0.2) is 0 Å². The van der Waals surface area contributed by atoms with Gasteiger partial charge in [0.1, 0.15) is 5.82 Å². The second-order valence-electron chi connectivity index (χ2n) is 6.49.